The summed E-state index contributed by atoms with van der Waals surface area (Å²) in [4.78, 5) is 10.7. The van der Waals surface area contributed by atoms with Crippen molar-refractivity contribution in [1.29, 1.82) is 0 Å². The molecule has 0 radical (unpaired) electrons. The van der Waals surface area contributed by atoms with Gasteiger partial charge in [0, 0.05) is 23.7 Å². The molecule has 1 aliphatic rings. The van der Waals surface area contributed by atoms with Crippen molar-refractivity contribution in [3.8, 4) is 5.75 Å². The number of benzene rings is 2. The predicted molar refractivity (Wildman–Crippen MR) is 115 cm³/mol. The van der Waals surface area contributed by atoms with Gasteiger partial charge in [0.1, 0.15) is 12.4 Å². The largest absolute Gasteiger partial charge is 0.487 e. The first-order valence-corrected chi connectivity index (χ1v) is 10.8. The van der Waals surface area contributed by atoms with Crippen molar-refractivity contribution in [3.63, 3.8) is 0 Å². The number of aliphatic carboxylic acids is 1. The van der Waals surface area contributed by atoms with Crippen molar-refractivity contribution in [2.24, 2.45) is 5.92 Å². The monoisotopic (exact) mass is 533 g/mol. The Kier molecular flexibility index (Phi) is 7.23. The smallest absolute Gasteiger partial charge is 0.338 e. The van der Waals surface area contributed by atoms with Crippen LogP contribution in [0.1, 0.15) is 24.0 Å². The van der Waals surface area contributed by atoms with Crippen molar-refractivity contribution in [2.75, 3.05) is 11.9 Å². The molecule has 1 aliphatic carbocycles. The molecule has 3 rings (SSSR count). The van der Waals surface area contributed by atoms with E-state index in [4.69, 9.17) is 21.4 Å². The van der Waals surface area contributed by atoms with E-state index >= 15 is 0 Å². The van der Waals surface area contributed by atoms with Crippen LogP contribution in [0.15, 0.2) is 39.3 Å². The van der Waals surface area contributed by atoms with Crippen LogP contribution < -0.4 is 10.1 Å². The number of halogens is 4. The number of carbonyl (C=O) groups is 1. The molecule has 4 nitrogen and oxygen atoms in total. The molecule has 0 aromatic heterocycles. The Morgan fingerprint density at radius 1 is 1.21 bits per heavy atom. The third-order valence-electron chi connectivity index (χ3n) is 4.37. The third-order valence-corrected chi connectivity index (χ3v) is 5.77. The number of carboxylic acids is 1. The van der Waals surface area contributed by atoms with E-state index in [1.54, 1.807) is 12.1 Å². The average Bonchev–Trinajstić information content (AvgIpc) is 3.43. The number of hydrogen-bond acceptors (Lipinski definition) is 3. The van der Waals surface area contributed by atoms with Gasteiger partial charge >= 0.3 is 5.97 Å². The van der Waals surface area contributed by atoms with Gasteiger partial charge < -0.3 is 15.2 Å². The van der Waals surface area contributed by atoms with Gasteiger partial charge in [0.05, 0.1) is 8.95 Å². The zero-order chi connectivity index (χ0) is 20.3. The number of alkyl halides is 1. The molecule has 0 amide bonds. The van der Waals surface area contributed by atoms with E-state index in [1.165, 1.54) is 12.8 Å². The zero-order valence-electron chi connectivity index (χ0n) is 14.9. The van der Waals surface area contributed by atoms with Crippen molar-refractivity contribution >= 4 is 55.1 Å². The Morgan fingerprint density at radius 2 is 1.89 bits per heavy atom. The predicted octanol–water partition coefficient (Wildman–Crippen LogP) is 6.23. The summed E-state index contributed by atoms with van der Waals surface area (Å²) in [5, 5.41) is 12.8. The second-order valence-corrected chi connectivity index (χ2v) is 9.00. The second kappa shape index (κ2) is 9.46. The van der Waals surface area contributed by atoms with Gasteiger partial charge in [-0.25, -0.2) is 9.18 Å². The van der Waals surface area contributed by atoms with E-state index < -0.39 is 12.1 Å². The Morgan fingerprint density at radius 3 is 2.50 bits per heavy atom. The number of ether oxygens (including phenoxy) is 1. The lowest BCUT2D eigenvalue weighted by molar-refractivity contribution is -0.142. The Bertz CT molecular complexity index is 854. The van der Waals surface area contributed by atoms with Crippen molar-refractivity contribution < 1.29 is 19.0 Å². The highest BCUT2D eigenvalue weighted by Gasteiger charge is 2.21. The summed E-state index contributed by atoms with van der Waals surface area (Å²) < 4.78 is 20.6. The van der Waals surface area contributed by atoms with E-state index in [-0.39, 0.29) is 6.42 Å². The summed E-state index contributed by atoms with van der Waals surface area (Å²) in [6.45, 7) is 1.25. The van der Waals surface area contributed by atoms with E-state index in [2.05, 4.69) is 37.2 Å². The number of carboxylic acid groups (broad SMARTS) is 1. The standard InChI is InChI=1S/C20H19Br2ClFNO3/c21-16-5-12(7-18(24)20(26)27)6-17(22)19(16)28-10-13-3-14(23)8-15(4-13)25-9-11-1-2-11/h3-6,8,11,18,25H,1-2,7,9-10H2,(H,26,27). The lowest BCUT2D eigenvalue weighted by Gasteiger charge is -2.14. The van der Waals surface area contributed by atoms with Gasteiger partial charge in [-0.05, 0) is 92.1 Å². The molecule has 1 saturated carbocycles. The normalized spacial score (nSPS) is 14.6. The molecular formula is C20H19Br2ClFNO3. The van der Waals surface area contributed by atoms with Crippen LogP contribution in [0.25, 0.3) is 0 Å². The molecule has 28 heavy (non-hydrogen) atoms. The van der Waals surface area contributed by atoms with E-state index in [0.717, 1.165) is 23.7 Å². The summed E-state index contributed by atoms with van der Waals surface area (Å²) in [5.74, 6) is -0.157. The second-order valence-electron chi connectivity index (χ2n) is 6.86. The van der Waals surface area contributed by atoms with Gasteiger partial charge in [0.25, 0.3) is 0 Å². The molecular weight excluding hydrogens is 516 g/mol. The van der Waals surface area contributed by atoms with Crippen LogP contribution in [-0.4, -0.2) is 23.8 Å². The van der Waals surface area contributed by atoms with Crippen LogP contribution in [0.5, 0.6) is 5.75 Å². The summed E-state index contributed by atoms with van der Waals surface area (Å²) >= 11 is 13.0. The number of nitrogens with one attached hydrogen (secondary N) is 1. The third kappa shape index (κ3) is 6.09. The first-order chi connectivity index (χ1) is 13.3. The summed E-state index contributed by atoms with van der Waals surface area (Å²) in [5.41, 5.74) is 2.44. The van der Waals surface area contributed by atoms with Crippen LogP contribution in [0.3, 0.4) is 0 Å². The minimum Gasteiger partial charge on any atom is -0.487 e. The van der Waals surface area contributed by atoms with Crippen molar-refractivity contribution in [2.45, 2.75) is 32.0 Å². The van der Waals surface area contributed by atoms with Crippen LogP contribution in [0.2, 0.25) is 5.02 Å². The Hall–Kier alpha value is -1.31. The molecule has 2 N–H and O–H groups in total. The van der Waals surface area contributed by atoms with Crippen LogP contribution in [0, 0.1) is 5.92 Å². The van der Waals surface area contributed by atoms with E-state index in [1.807, 2.05) is 18.2 Å². The topological polar surface area (TPSA) is 58.6 Å². The van der Waals surface area contributed by atoms with Crippen molar-refractivity contribution in [3.05, 3.63) is 55.4 Å². The highest BCUT2D eigenvalue weighted by Crippen LogP contribution is 2.36. The molecule has 1 atom stereocenters. The minimum atomic E-state index is -1.95. The maximum atomic E-state index is 13.5. The van der Waals surface area contributed by atoms with Gasteiger partial charge in [-0.15, -0.1) is 0 Å². The summed E-state index contributed by atoms with van der Waals surface area (Å²) in [7, 11) is 0. The fourth-order valence-electron chi connectivity index (χ4n) is 2.74. The number of hydrogen-bond donors (Lipinski definition) is 2. The maximum absolute atomic E-state index is 13.5. The highest BCUT2D eigenvalue weighted by atomic mass is 79.9. The Balaban J connectivity index is 1.67. The molecule has 8 heteroatoms. The number of anilines is 1. The van der Waals surface area contributed by atoms with Gasteiger partial charge in [0.2, 0.25) is 6.17 Å². The molecule has 150 valence electrons. The molecule has 0 bridgehead atoms. The fourth-order valence-corrected chi connectivity index (χ4v) is 4.51. The SMILES string of the molecule is O=C(O)C(F)Cc1cc(Br)c(OCc2cc(Cl)cc(NCC3CC3)c2)c(Br)c1. The maximum Gasteiger partial charge on any atom is 0.338 e. The van der Waals surface area contributed by atoms with Crippen molar-refractivity contribution in [1.82, 2.24) is 0 Å². The molecule has 2 aromatic carbocycles. The lowest BCUT2D eigenvalue weighted by Crippen LogP contribution is -2.17. The van der Waals surface area contributed by atoms with Crippen LogP contribution in [0.4, 0.5) is 10.1 Å². The Labute approximate surface area is 184 Å². The molecule has 1 fully saturated rings. The highest BCUT2D eigenvalue weighted by molar-refractivity contribution is 9.11. The zero-order valence-corrected chi connectivity index (χ0v) is 18.8. The molecule has 0 heterocycles. The average molecular weight is 536 g/mol. The molecule has 0 spiro atoms. The quantitative estimate of drug-likeness (QED) is 0.400. The van der Waals surface area contributed by atoms with E-state index in [0.29, 0.717) is 31.9 Å². The van der Waals surface area contributed by atoms with E-state index in [9.17, 15) is 9.18 Å². The summed E-state index contributed by atoms with van der Waals surface area (Å²) in [6, 6.07) is 9.07. The molecule has 1 unspecified atom stereocenters. The molecule has 0 aliphatic heterocycles. The number of rotatable bonds is 9. The van der Waals surface area contributed by atoms with Gasteiger partial charge in [-0.3, -0.25) is 0 Å². The van der Waals surface area contributed by atoms with Gasteiger partial charge in [0.15, 0.2) is 0 Å². The fraction of sp³-hybridized carbons (Fsp3) is 0.350. The van der Waals surface area contributed by atoms with Crippen LogP contribution >= 0.6 is 43.5 Å². The summed E-state index contributed by atoms with van der Waals surface area (Å²) in [6.07, 6.45) is 0.393. The molecule has 0 saturated heterocycles. The first-order valence-electron chi connectivity index (χ1n) is 8.82. The molecule has 2 aromatic rings. The van der Waals surface area contributed by atoms with Crippen LogP contribution in [-0.2, 0) is 17.8 Å². The lowest BCUT2D eigenvalue weighted by atomic mass is 10.1. The first kappa shape index (κ1) is 21.4. The van der Waals surface area contributed by atoms with Gasteiger partial charge in [-0.2, -0.15) is 0 Å². The minimum absolute atomic E-state index is 0.211. The van der Waals surface area contributed by atoms with Gasteiger partial charge in [-0.1, -0.05) is 11.6 Å².